The van der Waals surface area contributed by atoms with Crippen molar-refractivity contribution in [1.29, 1.82) is 0 Å². The van der Waals surface area contributed by atoms with Crippen LogP contribution in [-0.4, -0.2) is 26.2 Å². The fraction of sp³-hybridized carbons (Fsp3) is 0.538. The Kier molecular flexibility index (Phi) is 5.00. The van der Waals surface area contributed by atoms with E-state index in [0.717, 1.165) is 29.3 Å². The fourth-order valence-electron chi connectivity index (χ4n) is 2.34. The van der Waals surface area contributed by atoms with Crippen LogP contribution in [0, 0.1) is 5.92 Å². The van der Waals surface area contributed by atoms with E-state index < -0.39 is 10.0 Å². The van der Waals surface area contributed by atoms with Gasteiger partial charge in [-0.15, -0.1) is 0 Å². The first-order valence-corrected chi connectivity index (χ1v) is 8.81. The SMILES string of the molecule is O=S(=O)(Cc1ccc(Br)cc1)NCC1CCCC1O. The topological polar surface area (TPSA) is 66.4 Å². The number of hydrogen-bond donors (Lipinski definition) is 2. The summed E-state index contributed by atoms with van der Waals surface area (Å²) in [6.45, 7) is 0.333. The summed E-state index contributed by atoms with van der Waals surface area (Å²) in [4.78, 5) is 0. The molecule has 2 rings (SSSR count). The number of halogens is 1. The van der Waals surface area contributed by atoms with Gasteiger partial charge in [0.15, 0.2) is 0 Å². The Morgan fingerprint density at radius 2 is 1.95 bits per heavy atom. The van der Waals surface area contributed by atoms with Crippen molar-refractivity contribution >= 4 is 26.0 Å². The molecule has 0 radical (unpaired) electrons. The van der Waals surface area contributed by atoms with Crippen LogP contribution in [0.2, 0.25) is 0 Å². The number of aliphatic hydroxyl groups excluding tert-OH is 1. The van der Waals surface area contributed by atoms with Crippen LogP contribution in [-0.2, 0) is 15.8 Å². The van der Waals surface area contributed by atoms with Crippen LogP contribution in [0.4, 0.5) is 0 Å². The van der Waals surface area contributed by atoms with Gasteiger partial charge in [0.2, 0.25) is 10.0 Å². The van der Waals surface area contributed by atoms with E-state index in [4.69, 9.17) is 0 Å². The Morgan fingerprint density at radius 1 is 1.26 bits per heavy atom. The van der Waals surface area contributed by atoms with Crippen molar-refractivity contribution in [2.75, 3.05) is 6.54 Å². The monoisotopic (exact) mass is 347 g/mol. The highest BCUT2D eigenvalue weighted by Gasteiger charge is 2.26. The van der Waals surface area contributed by atoms with E-state index in [1.54, 1.807) is 12.1 Å². The summed E-state index contributed by atoms with van der Waals surface area (Å²) < 4.78 is 27.4. The van der Waals surface area contributed by atoms with E-state index in [9.17, 15) is 13.5 Å². The zero-order valence-corrected chi connectivity index (χ0v) is 13.0. The molecule has 106 valence electrons. The predicted octanol–water partition coefficient (Wildman–Crippen LogP) is 2.03. The van der Waals surface area contributed by atoms with Crippen molar-refractivity contribution in [3.63, 3.8) is 0 Å². The third-order valence-corrected chi connectivity index (χ3v) is 5.30. The second kappa shape index (κ2) is 6.35. The van der Waals surface area contributed by atoms with Gasteiger partial charge in [-0.3, -0.25) is 0 Å². The standard InChI is InChI=1S/C13H18BrNO3S/c14-12-6-4-10(5-7-12)9-19(17,18)15-8-11-2-1-3-13(11)16/h4-7,11,13,15-16H,1-3,8-9H2. The predicted molar refractivity (Wildman–Crippen MR) is 78.1 cm³/mol. The van der Waals surface area contributed by atoms with Crippen LogP contribution in [0.1, 0.15) is 24.8 Å². The summed E-state index contributed by atoms with van der Waals surface area (Å²) in [5.74, 6) is 0.0306. The van der Waals surface area contributed by atoms with Crippen LogP contribution in [0.15, 0.2) is 28.7 Å². The van der Waals surface area contributed by atoms with Gasteiger partial charge >= 0.3 is 0 Å². The first kappa shape index (κ1) is 15.0. The highest BCUT2D eigenvalue weighted by atomic mass is 79.9. The molecule has 0 bridgehead atoms. The molecule has 1 aliphatic rings. The molecule has 1 saturated carbocycles. The Bertz CT molecular complexity index is 515. The Labute approximate surface area is 122 Å². The van der Waals surface area contributed by atoms with Gasteiger partial charge in [-0.25, -0.2) is 13.1 Å². The molecular formula is C13H18BrNO3S. The summed E-state index contributed by atoms with van der Waals surface area (Å²) >= 11 is 3.31. The van der Waals surface area contributed by atoms with Crippen LogP contribution >= 0.6 is 15.9 Å². The highest BCUT2D eigenvalue weighted by Crippen LogP contribution is 2.25. The van der Waals surface area contributed by atoms with Gasteiger partial charge in [0.25, 0.3) is 0 Å². The van der Waals surface area contributed by atoms with Crippen LogP contribution in [0.3, 0.4) is 0 Å². The number of nitrogens with one attached hydrogen (secondary N) is 1. The molecular weight excluding hydrogens is 330 g/mol. The van der Waals surface area contributed by atoms with Gasteiger partial charge in [-0.05, 0) is 36.5 Å². The van der Waals surface area contributed by atoms with Crippen molar-refractivity contribution in [3.8, 4) is 0 Å². The lowest BCUT2D eigenvalue weighted by atomic mass is 10.1. The average Bonchev–Trinajstić information content (AvgIpc) is 2.75. The van der Waals surface area contributed by atoms with Crippen molar-refractivity contribution in [1.82, 2.24) is 4.72 Å². The van der Waals surface area contributed by atoms with E-state index in [0.29, 0.717) is 6.54 Å². The fourth-order valence-corrected chi connectivity index (χ4v) is 3.81. The summed E-state index contributed by atoms with van der Waals surface area (Å²) in [7, 11) is -3.33. The van der Waals surface area contributed by atoms with Crippen LogP contribution in [0.5, 0.6) is 0 Å². The minimum atomic E-state index is -3.33. The molecule has 2 unspecified atom stereocenters. The lowest BCUT2D eigenvalue weighted by Crippen LogP contribution is -2.33. The van der Waals surface area contributed by atoms with E-state index in [-0.39, 0.29) is 17.8 Å². The van der Waals surface area contributed by atoms with Gasteiger partial charge in [0.05, 0.1) is 11.9 Å². The normalized spacial score (nSPS) is 23.7. The van der Waals surface area contributed by atoms with Crippen molar-refractivity contribution in [2.45, 2.75) is 31.1 Å². The number of hydrogen-bond acceptors (Lipinski definition) is 3. The largest absolute Gasteiger partial charge is 0.393 e. The third-order valence-electron chi connectivity index (χ3n) is 3.45. The summed E-state index contributed by atoms with van der Waals surface area (Å²) in [6.07, 6.45) is 2.27. The third kappa shape index (κ3) is 4.56. The minimum absolute atomic E-state index is 0.0247. The first-order valence-electron chi connectivity index (χ1n) is 6.36. The van der Waals surface area contributed by atoms with Gasteiger partial charge < -0.3 is 5.11 Å². The smallest absolute Gasteiger partial charge is 0.215 e. The zero-order valence-electron chi connectivity index (χ0n) is 10.5. The second-order valence-electron chi connectivity index (χ2n) is 4.99. The Morgan fingerprint density at radius 3 is 2.53 bits per heavy atom. The molecule has 1 fully saturated rings. The van der Waals surface area contributed by atoms with Gasteiger partial charge in [-0.1, -0.05) is 34.5 Å². The highest BCUT2D eigenvalue weighted by molar-refractivity contribution is 9.10. The number of aliphatic hydroxyl groups is 1. The molecule has 0 saturated heterocycles. The Balaban J connectivity index is 1.89. The first-order chi connectivity index (χ1) is 8.96. The molecule has 0 aliphatic heterocycles. The number of sulfonamides is 1. The van der Waals surface area contributed by atoms with E-state index in [1.807, 2.05) is 12.1 Å². The van der Waals surface area contributed by atoms with Gasteiger partial charge in [0.1, 0.15) is 0 Å². The molecule has 2 atom stereocenters. The van der Waals surface area contributed by atoms with Gasteiger partial charge in [0, 0.05) is 11.0 Å². The van der Waals surface area contributed by atoms with E-state index in [2.05, 4.69) is 20.7 Å². The molecule has 0 heterocycles. The molecule has 0 aromatic heterocycles. The molecule has 1 aromatic rings. The number of benzene rings is 1. The lowest BCUT2D eigenvalue weighted by Gasteiger charge is -2.15. The quantitative estimate of drug-likeness (QED) is 0.856. The summed E-state index contributed by atoms with van der Waals surface area (Å²) in [5, 5.41) is 9.67. The molecule has 0 amide bonds. The molecule has 4 nitrogen and oxygen atoms in total. The summed E-state index contributed by atoms with van der Waals surface area (Å²) in [5.41, 5.74) is 0.752. The minimum Gasteiger partial charge on any atom is -0.393 e. The molecule has 0 spiro atoms. The van der Waals surface area contributed by atoms with Crippen molar-refractivity contribution < 1.29 is 13.5 Å². The van der Waals surface area contributed by atoms with E-state index in [1.165, 1.54) is 0 Å². The maximum absolute atomic E-state index is 11.9. The van der Waals surface area contributed by atoms with Crippen molar-refractivity contribution in [2.24, 2.45) is 5.92 Å². The van der Waals surface area contributed by atoms with E-state index >= 15 is 0 Å². The lowest BCUT2D eigenvalue weighted by molar-refractivity contribution is 0.134. The number of rotatable bonds is 5. The molecule has 19 heavy (non-hydrogen) atoms. The van der Waals surface area contributed by atoms with Gasteiger partial charge in [-0.2, -0.15) is 0 Å². The van der Waals surface area contributed by atoms with Crippen LogP contribution < -0.4 is 4.72 Å². The molecule has 6 heteroatoms. The van der Waals surface area contributed by atoms with Crippen molar-refractivity contribution in [3.05, 3.63) is 34.3 Å². The Hall–Kier alpha value is -0.430. The second-order valence-corrected chi connectivity index (χ2v) is 7.71. The zero-order chi connectivity index (χ0) is 13.9. The summed E-state index contributed by atoms with van der Waals surface area (Å²) in [6, 6.07) is 7.22. The maximum Gasteiger partial charge on any atom is 0.215 e. The molecule has 1 aromatic carbocycles. The maximum atomic E-state index is 11.9. The molecule has 2 N–H and O–H groups in total. The molecule has 1 aliphatic carbocycles. The average molecular weight is 348 g/mol. The van der Waals surface area contributed by atoms with Crippen LogP contribution in [0.25, 0.3) is 0 Å².